The summed E-state index contributed by atoms with van der Waals surface area (Å²) in [6, 6.07) is 0. The van der Waals surface area contributed by atoms with Gasteiger partial charge in [0.25, 0.3) is 0 Å². The van der Waals surface area contributed by atoms with Crippen LogP contribution < -0.4 is 0 Å². The highest BCUT2D eigenvalue weighted by atomic mass is 127. The molecule has 0 radical (unpaired) electrons. The molecule has 0 N–H and O–H groups in total. The lowest BCUT2D eigenvalue weighted by molar-refractivity contribution is 0.0492. The summed E-state index contributed by atoms with van der Waals surface area (Å²) in [5, 5.41) is 0. The molecule has 0 aromatic rings. The molecule has 0 amide bonds. The second-order valence-corrected chi connectivity index (χ2v) is 3.42. The number of hydrogen-bond donors (Lipinski definition) is 0. The highest BCUT2D eigenvalue weighted by molar-refractivity contribution is 14.2. The van der Waals surface area contributed by atoms with Gasteiger partial charge in [0.05, 0.1) is 35.6 Å². The second kappa shape index (κ2) is 12.5. The van der Waals surface area contributed by atoms with E-state index in [1.54, 1.807) is 6.92 Å². The molecule has 0 saturated carbocycles. The van der Waals surface area contributed by atoms with Crippen molar-refractivity contribution in [3.63, 3.8) is 0 Å². The van der Waals surface area contributed by atoms with Crippen LogP contribution in [-0.4, -0.2) is 33.0 Å². The van der Waals surface area contributed by atoms with E-state index in [0.29, 0.717) is 33.0 Å². The van der Waals surface area contributed by atoms with Crippen LogP contribution in [0.3, 0.4) is 0 Å². The topological polar surface area (TPSA) is 27.7 Å². The van der Waals surface area contributed by atoms with Gasteiger partial charge in [0.15, 0.2) is 0 Å². The van der Waals surface area contributed by atoms with Crippen molar-refractivity contribution in [2.45, 2.75) is 6.92 Å². The van der Waals surface area contributed by atoms with Gasteiger partial charge in [-0.15, -0.1) is 5.92 Å². The minimum Gasteiger partial charge on any atom is -0.377 e. The molecule has 0 saturated heterocycles. The van der Waals surface area contributed by atoms with E-state index in [1.807, 2.05) is 0 Å². The minimum atomic E-state index is 0.486. The summed E-state index contributed by atoms with van der Waals surface area (Å²) in [5.41, 5.74) is 0. The van der Waals surface area contributed by atoms with Crippen LogP contribution in [0.15, 0.2) is 0 Å². The van der Waals surface area contributed by atoms with Gasteiger partial charge in [0.2, 0.25) is 0 Å². The second-order valence-electron chi connectivity index (χ2n) is 1.98. The first-order chi connectivity index (χ1) is 6.41. The fourth-order valence-corrected chi connectivity index (χ4v) is 1.21. The molecular weight excluding hydrogens is 303 g/mol. The van der Waals surface area contributed by atoms with Gasteiger partial charge in [0.1, 0.15) is 6.61 Å². The zero-order valence-electron chi connectivity index (χ0n) is 7.55. The van der Waals surface area contributed by atoms with Gasteiger partial charge in [-0.1, -0.05) is 5.92 Å². The van der Waals surface area contributed by atoms with Crippen molar-refractivity contribution in [1.29, 1.82) is 0 Å². The molecule has 0 aliphatic rings. The Bertz CT molecular complexity index is 155. The standard InChI is InChI=1S/C8H13IO3S/c1-2-3-4-10-5-6-11-7-8-12-13-9/h4-8H2,1H3. The average Bonchev–Trinajstić information content (AvgIpc) is 2.16. The SMILES string of the molecule is CC#CCOCCOCCOSI. The summed E-state index contributed by atoms with van der Waals surface area (Å²) in [5.74, 6) is 5.55. The number of halogens is 1. The van der Waals surface area contributed by atoms with Crippen LogP contribution in [0, 0.1) is 11.8 Å². The van der Waals surface area contributed by atoms with Crippen molar-refractivity contribution in [2.24, 2.45) is 0 Å². The predicted octanol–water partition coefficient (Wildman–Crippen LogP) is 2.06. The normalized spacial score (nSPS) is 9.38. The first-order valence-electron chi connectivity index (χ1n) is 3.87. The summed E-state index contributed by atoms with van der Waals surface area (Å²) < 4.78 is 15.3. The number of hydrogen-bond acceptors (Lipinski definition) is 4. The lowest BCUT2D eigenvalue weighted by atomic mass is 10.6. The van der Waals surface area contributed by atoms with E-state index in [4.69, 9.17) is 13.7 Å². The molecule has 0 bridgehead atoms. The molecule has 0 aromatic carbocycles. The van der Waals surface area contributed by atoms with Crippen molar-refractivity contribution < 1.29 is 13.7 Å². The number of ether oxygens (including phenoxy) is 2. The van der Waals surface area contributed by atoms with Crippen LogP contribution in [0.2, 0.25) is 0 Å². The van der Waals surface area contributed by atoms with Crippen LogP contribution in [0.4, 0.5) is 0 Å². The van der Waals surface area contributed by atoms with Gasteiger partial charge in [0, 0.05) is 21.2 Å². The summed E-state index contributed by atoms with van der Waals surface area (Å²) >= 11 is 2.07. The Balaban J connectivity index is 2.86. The average molecular weight is 316 g/mol. The van der Waals surface area contributed by atoms with Crippen molar-refractivity contribution in [3.8, 4) is 11.8 Å². The quantitative estimate of drug-likeness (QED) is 0.296. The third-order valence-electron chi connectivity index (χ3n) is 1.08. The first kappa shape index (κ1) is 13.5. The van der Waals surface area contributed by atoms with Crippen molar-refractivity contribution in [2.75, 3.05) is 33.0 Å². The summed E-state index contributed by atoms with van der Waals surface area (Å²) in [7, 11) is 1.32. The van der Waals surface area contributed by atoms with Gasteiger partial charge >= 0.3 is 0 Å². The molecule has 0 spiro atoms. The maximum absolute atomic E-state index is 5.20. The summed E-state index contributed by atoms with van der Waals surface area (Å²) in [6.45, 7) is 4.69. The van der Waals surface area contributed by atoms with Gasteiger partial charge in [-0.2, -0.15) is 0 Å². The smallest absolute Gasteiger partial charge is 0.107 e. The van der Waals surface area contributed by atoms with Gasteiger partial charge in [-0.3, -0.25) is 0 Å². The Morgan fingerprint density at radius 3 is 2.54 bits per heavy atom. The maximum atomic E-state index is 5.20. The van der Waals surface area contributed by atoms with Crippen LogP contribution in [0.5, 0.6) is 0 Å². The fraction of sp³-hybridized carbons (Fsp3) is 0.750. The molecule has 3 nitrogen and oxygen atoms in total. The molecule has 0 unspecified atom stereocenters. The van der Waals surface area contributed by atoms with E-state index in [9.17, 15) is 0 Å². The molecule has 0 atom stereocenters. The highest BCUT2D eigenvalue weighted by Gasteiger charge is 1.89. The third kappa shape index (κ3) is 12.5. The Hall–Kier alpha value is 0.520. The monoisotopic (exact) mass is 316 g/mol. The molecule has 5 heteroatoms. The zero-order chi connectivity index (χ0) is 9.78. The molecule has 0 heterocycles. The number of rotatable bonds is 8. The fourth-order valence-electron chi connectivity index (χ4n) is 0.540. The third-order valence-corrected chi connectivity index (χ3v) is 2.10. The van der Waals surface area contributed by atoms with Crippen LogP contribution >= 0.6 is 30.4 Å². The van der Waals surface area contributed by atoms with Gasteiger partial charge in [-0.25, -0.2) is 0 Å². The van der Waals surface area contributed by atoms with E-state index in [0.717, 1.165) is 0 Å². The zero-order valence-corrected chi connectivity index (χ0v) is 10.5. The Labute approximate surface area is 95.7 Å². The summed E-state index contributed by atoms with van der Waals surface area (Å²) in [6.07, 6.45) is 0. The Morgan fingerprint density at radius 1 is 1.15 bits per heavy atom. The highest BCUT2D eigenvalue weighted by Crippen LogP contribution is 2.10. The van der Waals surface area contributed by atoms with Crippen molar-refractivity contribution in [1.82, 2.24) is 0 Å². The predicted molar refractivity (Wildman–Crippen MR) is 62.7 cm³/mol. The minimum absolute atomic E-state index is 0.486. The Kier molecular flexibility index (Phi) is 13.0. The van der Waals surface area contributed by atoms with E-state index >= 15 is 0 Å². The van der Waals surface area contributed by atoms with E-state index in [2.05, 4.69) is 33.0 Å². The van der Waals surface area contributed by atoms with E-state index < -0.39 is 0 Å². The van der Waals surface area contributed by atoms with E-state index in [1.165, 1.54) is 9.21 Å². The van der Waals surface area contributed by atoms with Gasteiger partial charge < -0.3 is 13.7 Å². The van der Waals surface area contributed by atoms with Gasteiger partial charge in [-0.05, 0) is 6.92 Å². The molecule has 0 aromatic heterocycles. The molecule has 0 fully saturated rings. The molecule has 0 rings (SSSR count). The first-order valence-corrected chi connectivity index (χ1v) is 7.15. The Morgan fingerprint density at radius 2 is 1.85 bits per heavy atom. The van der Waals surface area contributed by atoms with E-state index in [-0.39, 0.29) is 0 Å². The maximum Gasteiger partial charge on any atom is 0.107 e. The molecule has 13 heavy (non-hydrogen) atoms. The molecule has 0 aliphatic heterocycles. The lowest BCUT2D eigenvalue weighted by Gasteiger charge is -2.02. The van der Waals surface area contributed by atoms with Crippen molar-refractivity contribution >= 4 is 30.4 Å². The van der Waals surface area contributed by atoms with Crippen molar-refractivity contribution in [3.05, 3.63) is 0 Å². The largest absolute Gasteiger partial charge is 0.377 e. The molecule has 0 aliphatic carbocycles. The molecular formula is C8H13IO3S. The van der Waals surface area contributed by atoms with Crippen LogP contribution in [0.25, 0.3) is 0 Å². The lowest BCUT2D eigenvalue weighted by Crippen LogP contribution is -2.07. The van der Waals surface area contributed by atoms with Crippen LogP contribution in [0.1, 0.15) is 6.92 Å². The summed E-state index contributed by atoms with van der Waals surface area (Å²) in [4.78, 5) is 0. The van der Waals surface area contributed by atoms with Crippen LogP contribution in [-0.2, 0) is 13.7 Å². The molecule has 76 valence electrons.